The Labute approximate surface area is 225 Å². The number of nitrogens with zero attached hydrogens (tertiary/aromatic N) is 2. The third-order valence-electron chi connectivity index (χ3n) is 6.87. The van der Waals surface area contributed by atoms with Crippen LogP contribution in [0.1, 0.15) is 45.6 Å². The normalized spacial score (nSPS) is 26.4. The van der Waals surface area contributed by atoms with Crippen LogP contribution < -0.4 is 10.6 Å². The number of hydrogen-bond donors (Lipinski definition) is 2. The first kappa shape index (κ1) is 27.3. The van der Waals surface area contributed by atoms with Crippen LogP contribution in [0.2, 0.25) is 0 Å². The van der Waals surface area contributed by atoms with Gasteiger partial charge in [0.1, 0.15) is 12.1 Å². The van der Waals surface area contributed by atoms with E-state index in [-0.39, 0.29) is 30.3 Å². The predicted octanol–water partition coefficient (Wildman–Crippen LogP) is 3.70. The van der Waals surface area contributed by atoms with Crippen LogP contribution in [-0.2, 0) is 14.4 Å². The van der Waals surface area contributed by atoms with Gasteiger partial charge in [-0.05, 0) is 72.4 Å². The number of benzene rings is 1. The number of rotatable bonds is 7. The Morgan fingerprint density at radius 3 is 2.51 bits per heavy atom. The zero-order valence-electron chi connectivity index (χ0n) is 21.5. The lowest BCUT2D eigenvalue weighted by Crippen LogP contribution is -2.54. The fourth-order valence-electron chi connectivity index (χ4n) is 5.70. The molecule has 0 unspecified atom stereocenters. The maximum Gasteiger partial charge on any atom is 0.325 e. The highest BCUT2D eigenvalue weighted by Gasteiger charge is 2.56. The van der Waals surface area contributed by atoms with Gasteiger partial charge in [-0.3, -0.25) is 29.0 Å². The van der Waals surface area contributed by atoms with Crippen LogP contribution in [0.25, 0.3) is 6.08 Å². The summed E-state index contributed by atoms with van der Waals surface area (Å²) in [7, 11) is 0. The van der Waals surface area contributed by atoms with Crippen molar-refractivity contribution in [2.45, 2.75) is 50.5 Å². The molecule has 6 amide bonds. The van der Waals surface area contributed by atoms with E-state index in [1.165, 1.54) is 0 Å². The first-order valence-electron chi connectivity index (χ1n) is 12.2. The molecule has 37 heavy (non-hydrogen) atoms. The van der Waals surface area contributed by atoms with Gasteiger partial charge in [0, 0.05) is 18.0 Å². The molecule has 2 saturated heterocycles. The minimum atomic E-state index is -0.970. The molecule has 0 aromatic heterocycles. The second-order valence-corrected chi connectivity index (χ2v) is 12.6. The maximum atomic E-state index is 13.2. The zero-order chi connectivity index (χ0) is 27.0. The monoisotopic (exact) mass is 544 g/mol. The molecule has 11 heteroatoms. The molecule has 3 aliphatic rings. The predicted molar refractivity (Wildman–Crippen MR) is 144 cm³/mol. The van der Waals surface area contributed by atoms with Crippen LogP contribution in [-0.4, -0.2) is 70.2 Å². The van der Waals surface area contributed by atoms with Gasteiger partial charge in [-0.15, -0.1) is 11.8 Å². The largest absolute Gasteiger partial charge is 0.353 e. The quantitative estimate of drug-likeness (QED) is 0.306. The van der Waals surface area contributed by atoms with Gasteiger partial charge in [-0.2, -0.15) is 0 Å². The third-order valence-corrected chi connectivity index (χ3v) is 8.52. The highest BCUT2D eigenvalue weighted by atomic mass is 32.2. The molecule has 2 heterocycles. The SMILES string of the molecule is CSc1ccc(/C=C2\SC(=O)N(CCNC(=O)CN3C(=O)N[C@]4(C[C@H](C)CC(C)(C)C4)C3=O)C2=O)cc1. The second-order valence-electron chi connectivity index (χ2n) is 10.7. The molecule has 2 N–H and O–H groups in total. The van der Waals surface area contributed by atoms with Crippen LogP contribution >= 0.6 is 23.5 Å². The molecule has 2 atom stereocenters. The van der Waals surface area contributed by atoms with Crippen LogP contribution in [0.4, 0.5) is 9.59 Å². The average Bonchev–Trinajstić information content (AvgIpc) is 3.19. The molecule has 0 radical (unpaired) electrons. The van der Waals surface area contributed by atoms with E-state index in [2.05, 4.69) is 31.4 Å². The molecule has 9 nitrogen and oxygen atoms in total. The summed E-state index contributed by atoms with van der Waals surface area (Å²) in [6.45, 7) is 5.84. The van der Waals surface area contributed by atoms with Crippen molar-refractivity contribution in [2.75, 3.05) is 25.9 Å². The van der Waals surface area contributed by atoms with E-state index < -0.39 is 35.2 Å². The van der Waals surface area contributed by atoms with Gasteiger partial charge >= 0.3 is 6.03 Å². The summed E-state index contributed by atoms with van der Waals surface area (Å²) in [6, 6.07) is 7.09. The lowest BCUT2D eigenvalue weighted by atomic mass is 9.64. The molecule has 198 valence electrons. The number of imide groups is 2. The number of carbonyl (C=O) groups is 5. The van der Waals surface area contributed by atoms with Gasteiger partial charge in [-0.1, -0.05) is 32.9 Å². The molecule has 4 rings (SSSR count). The van der Waals surface area contributed by atoms with Crippen LogP contribution in [0.3, 0.4) is 0 Å². The summed E-state index contributed by atoms with van der Waals surface area (Å²) < 4.78 is 0. The Bertz CT molecular complexity index is 1170. The second kappa shape index (κ2) is 10.5. The summed E-state index contributed by atoms with van der Waals surface area (Å²) in [5.41, 5.74) is -0.252. The number of thioether (sulfide) groups is 2. The number of nitrogens with one attached hydrogen (secondary N) is 2. The highest BCUT2D eigenvalue weighted by molar-refractivity contribution is 8.18. The molecule has 3 fully saturated rings. The molecule has 0 bridgehead atoms. The Balaban J connectivity index is 1.30. The average molecular weight is 545 g/mol. The van der Waals surface area contributed by atoms with Crippen molar-refractivity contribution in [3.05, 3.63) is 34.7 Å². The minimum absolute atomic E-state index is 0.00502. The van der Waals surface area contributed by atoms with Crippen LogP contribution in [0.15, 0.2) is 34.1 Å². The minimum Gasteiger partial charge on any atom is -0.353 e. The van der Waals surface area contributed by atoms with Crippen molar-refractivity contribution >= 4 is 58.6 Å². The molecule has 1 aromatic rings. The van der Waals surface area contributed by atoms with E-state index in [1.54, 1.807) is 17.8 Å². The number of amides is 6. The summed E-state index contributed by atoms with van der Waals surface area (Å²) in [5, 5.41) is 5.07. The van der Waals surface area contributed by atoms with Crippen LogP contribution in [0.5, 0.6) is 0 Å². The molecular formula is C26H32N4O5S2. The van der Waals surface area contributed by atoms with Crippen molar-refractivity contribution in [1.82, 2.24) is 20.4 Å². The fourth-order valence-corrected chi connectivity index (χ4v) is 6.97. The first-order valence-corrected chi connectivity index (χ1v) is 14.3. The van der Waals surface area contributed by atoms with Gasteiger partial charge in [-0.25, -0.2) is 4.79 Å². The summed E-state index contributed by atoms with van der Waals surface area (Å²) in [6.07, 6.45) is 5.69. The Morgan fingerprint density at radius 2 is 1.86 bits per heavy atom. The van der Waals surface area contributed by atoms with Crippen molar-refractivity contribution < 1.29 is 24.0 Å². The number of hydrogen-bond acceptors (Lipinski definition) is 7. The van der Waals surface area contributed by atoms with Gasteiger partial charge in [0.25, 0.3) is 17.1 Å². The van der Waals surface area contributed by atoms with E-state index >= 15 is 0 Å². The highest BCUT2D eigenvalue weighted by Crippen LogP contribution is 2.46. The van der Waals surface area contributed by atoms with Crippen molar-refractivity contribution in [1.29, 1.82) is 0 Å². The molecule has 1 aromatic carbocycles. The Morgan fingerprint density at radius 1 is 1.16 bits per heavy atom. The molecule has 1 aliphatic carbocycles. The van der Waals surface area contributed by atoms with Gasteiger partial charge in [0.05, 0.1) is 4.91 Å². The van der Waals surface area contributed by atoms with Crippen molar-refractivity contribution in [3.63, 3.8) is 0 Å². The van der Waals surface area contributed by atoms with Crippen molar-refractivity contribution in [2.24, 2.45) is 11.3 Å². The van der Waals surface area contributed by atoms with E-state index in [9.17, 15) is 24.0 Å². The molecule has 2 aliphatic heterocycles. The number of carbonyl (C=O) groups excluding carboxylic acids is 5. The summed E-state index contributed by atoms with van der Waals surface area (Å²) >= 11 is 2.47. The summed E-state index contributed by atoms with van der Waals surface area (Å²) in [5.74, 6) is -1.04. The standard InChI is InChI=1S/C26H32N4O5S2/c1-16-12-25(2,3)15-26(13-16)22(33)30(23(34)28-26)14-20(31)27-9-10-29-21(32)19(37-24(29)35)11-17-5-7-18(36-4)8-6-17/h5-8,11,16H,9-10,12-15H2,1-4H3,(H,27,31)(H,28,34)/b19-11-/t16-,26+/m1/s1. The smallest absolute Gasteiger partial charge is 0.325 e. The van der Waals surface area contributed by atoms with Crippen LogP contribution in [0, 0.1) is 11.3 Å². The fraction of sp³-hybridized carbons (Fsp3) is 0.500. The first-order chi connectivity index (χ1) is 17.4. The van der Waals surface area contributed by atoms with E-state index in [1.807, 2.05) is 30.5 Å². The van der Waals surface area contributed by atoms with Gasteiger partial charge in [0.2, 0.25) is 5.91 Å². The van der Waals surface area contributed by atoms with Gasteiger partial charge < -0.3 is 10.6 Å². The third kappa shape index (κ3) is 5.87. The molecule has 1 saturated carbocycles. The molecule has 1 spiro atoms. The maximum absolute atomic E-state index is 13.2. The summed E-state index contributed by atoms with van der Waals surface area (Å²) in [4.78, 5) is 67.0. The van der Waals surface area contributed by atoms with E-state index in [4.69, 9.17) is 0 Å². The topological polar surface area (TPSA) is 116 Å². The lowest BCUT2D eigenvalue weighted by Gasteiger charge is -2.43. The van der Waals surface area contributed by atoms with E-state index in [0.717, 1.165) is 38.4 Å². The Hall–Kier alpha value is -2.79. The Kier molecular flexibility index (Phi) is 7.75. The lowest BCUT2D eigenvalue weighted by molar-refractivity contribution is -0.137. The van der Waals surface area contributed by atoms with Crippen molar-refractivity contribution in [3.8, 4) is 0 Å². The zero-order valence-corrected chi connectivity index (χ0v) is 23.1. The van der Waals surface area contributed by atoms with E-state index in [0.29, 0.717) is 17.7 Å². The van der Waals surface area contributed by atoms with Gasteiger partial charge in [0.15, 0.2) is 0 Å². The molecular weight excluding hydrogens is 512 g/mol. The number of urea groups is 1.